The molecule has 1 aliphatic rings. The van der Waals surface area contributed by atoms with E-state index in [-0.39, 0.29) is 11.5 Å². The Hall–Kier alpha value is -0.900. The van der Waals surface area contributed by atoms with Gasteiger partial charge in [0.2, 0.25) is 0 Å². The molecule has 2 nitrogen and oxygen atoms in total. The van der Waals surface area contributed by atoms with Gasteiger partial charge < -0.3 is 4.90 Å². The van der Waals surface area contributed by atoms with Gasteiger partial charge in [0.05, 0.1) is 10.0 Å². The Kier molecular flexibility index (Phi) is 3.28. The second kappa shape index (κ2) is 4.53. The Labute approximate surface area is 103 Å². The number of hydrogen-bond acceptors (Lipinski definition) is 1. The molecule has 0 saturated carbocycles. The molecule has 1 aromatic rings. The van der Waals surface area contributed by atoms with Gasteiger partial charge >= 0.3 is 0 Å². The zero-order valence-corrected chi connectivity index (χ0v) is 10.6. The number of rotatable bonds is 1. The largest absolute Gasteiger partial charge is 0.338 e. The maximum atomic E-state index is 13.7. The van der Waals surface area contributed by atoms with Gasteiger partial charge in [-0.15, -0.1) is 0 Å². The molecule has 4 heteroatoms. The molecule has 0 aromatic heterocycles. The van der Waals surface area contributed by atoms with Crippen LogP contribution in [0.2, 0.25) is 0 Å². The summed E-state index contributed by atoms with van der Waals surface area (Å²) in [6, 6.07) is 4.81. The smallest absolute Gasteiger partial charge is 0.256 e. The number of amides is 1. The molecule has 16 heavy (non-hydrogen) atoms. The lowest BCUT2D eigenvalue weighted by Crippen LogP contribution is -2.29. The van der Waals surface area contributed by atoms with E-state index in [1.54, 1.807) is 17.0 Å². The zero-order valence-electron chi connectivity index (χ0n) is 9.04. The molecule has 0 bridgehead atoms. The molecule has 86 valence electrons. The normalized spacial score (nSPS) is 20.2. The molecule has 1 saturated heterocycles. The lowest BCUT2D eigenvalue weighted by atomic mass is 10.1. The quantitative estimate of drug-likeness (QED) is 0.777. The maximum Gasteiger partial charge on any atom is 0.256 e. The third kappa shape index (κ3) is 2.12. The van der Waals surface area contributed by atoms with Gasteiger partial charge in [0.1, 0.15) is 5.82 Å². The third-order valence-corrected chi connectivity index (χ3v) is 3.51. The second-order valence-corrected chi connectivity index (χ2v) is 5.10. The Morgan fingerprint density at radius 3 is 2.94 bits per heavy atom. The maximum absolute atomic E-state index is 13.7. The van der Waals surface area contributed by atoms with E-state index in [9.17, 15) is 9.18 Å². The average Bonchev–Trinajstić information content (AvgIpc) is 2.68. The molecule has 0 aliphatic carbocycles. The first kappa shape index (κ1) is 11.6. The molecule has 1 heterocycles. The number of benzene rings is 1. The number of nitrogens with zero attached hydrogens (tertiary/aromatic N) is 1. The number of likely N-dealkylation sites (tertiary alicyclic amines) is 1. The minimum absolute atomic E-state index is 0.156. The minimum atomic E-state index is -0.466. The van der Waals surface area contributed by atoms with Crippen LogP contribution < -0.4 is 0 Å². The van der Waals surface area contributed by atoms with E-state index in [0.717, 1.165) is 19.5 Å². The molecule has 1 aromatic carbocycles. The topological polar surface area (TPSA) is 20.3 Å². The summed E-state index contributed by atoms with van der Waals surface area (Å²) in [4.78, 5) is 13.7. The molecule has 1 aliphatic heterocycles. The molecule has 1 amide bonds. The number of carbonyl (C=O) groups is 1. The minimum Gasteiger partial charge on any atom is -0.338 e. The van der Waals surface area contributed by atoms with Crippen molar-refractivity contribution in [1.82, 2.24) is 4.90 Å². The first-order valence-corrected chi connectivity index (χ1v) is 6.12. The highest BCUT2D eigenvalue weighted by atomic mass is 79.9. The second-order valence-electron chi connectivity index (χ2n) is 4.25. The Morgan fingerprint density at radius 2 is 2.31 bits per heavy atom. The summed E-state index contributed by atoms with van der Waals surface area (Å²) in [5.74, 6) is -0.158. The van der Waals surface area contributed by atoms with Crippen LogP contribution in [0.5, 0.6) is 0 Å². The molecule has 1 unspecified atom stereocenters. The van der Waals surface area contributed by atoms with Gasteiger partial charge in [-0.3, -0.25) is 4.79 Å². The van der Waals surface area contributed by atoms with Crippen LogP contribution in [0.1, 0.15) is 23.7 Å². The molecule has 0 radical (unpaired) electrons. The third-order valence-electron chi connectivity index (χ3n) is 2.89. The molecular formula is C12H13BrFNO. The predicted molar refractivity (Wildman–Crippen MR) is 63.8 cm³/mol. The van der Waals surface area contributed by atoms with Crippen LogP contribution in [0.25, 0.3) is 0 Å². The van der Waals surface area contributed by atoms with E-state index in [2.05, 4.69) is 22.9 Å². The first-order valence-electron chi connectivity index (χ1n) is 5.33. The molecule has 0 spiro atoms. The van der Waals surface area contributed by atoms with Crippen LogP contribution >= 0.6 is 15.9 Å². The highest BCUT2D eigenvalue weighted by Crippen LogP contribution is 2.23. The Balaban J connectivity index is 2.24. The Morgan fingerprint density at radius 1 is 1.56 bits per heavy atom. The number of hydrogen-bond donors (Lipinski definition) is 0. The summed E-state index contributed by atoms with van der Waals surface area (Å²) in [6.45, 7) is 3.56. The van der Waals surface area contributed by atoms with Gasteiger partial charge in [-0.25, -0.2) is 4.39 Å². The molecule has 0 N–H and O–H groups in total. The molecular weight excluding hydrogens is 273 g/mol. The van der Waals surface area contributed by atoms with Gasteiger partial charge in [-0.1, -0.05) is 13.0 Å². The monoisotopic (exact) mass is 285 g/mol. The zero-order chi connectivity index (χ0) is 11.7. The fraction of sp³-hybridized carbons (Fsp3) is 0.417. The van der Waals surface area contributed by atoms with E-state index >= 15 is 0 Å². The SMILES string of the molecule is CC1CCN(C(=O)c2cccc(Br)c2F)C1. The van der Waals surface area contributed by atoms with Crippen molar-refractivity contribution >= 4 is 21.8 Å². The summed E-state index contributed by atoms with van der Waals surface area (Å²) >= 11 is 3.09. The van der Waals surface area contributed by atoms with E-state index in [1.807, 2.05) is 0 Å². The van der Waals surface area contributed by atoms with Crippen molar-refractivity contribution in [2.75, 3.05) is 13.1 Å². The molecule has 1 fully saturated rings. The average molecular weight is 286 g/mol. The van der Waals surface area contributed by atoms with Crippen molar-refractivity contribution < 1.29 is 9.18 Å². The van der Waals surface area contributed by atoms with Crippen molar-refractivity contribution in [3.8, 4) is 0 Å². The highest BCUT2D eigenvalue weighted by Gasteiger charge is 2.26. The van der Waals surface area contributed by atoms with Crippen LogP contribution in [0, 0.1) is 11.7 Å². The van der Waals surface area contributed by atoms with Gasteiger partial charge in [-0.2, -0.15) is 0 Å². The summed E-state index contributed by atoms with van der Waals surface area (Å²) in [5.41, 5.74) is 0.156. The van der Waals surface area contributed by atoms with Gasteiger partial charge in [-0.05, 0) is 40.4 Å². The van der Waals surface area contributed by atoms with Crippen LogP contribution in [0.4, 0.5) is 4.39 Å². The van der Waals surface area contributed by atoms with Crippen molar-refractivity contribution in [3.63, 3.8) is 0 Å². The van der Waals surface area contributed by atoms with Gasteiger partial charge in [0.25, 0.3) is 5.91 Å². The van der Waals surface area contributed by atoms with Crippen LogP contribution in [-0.2, 0) is 0 Å². The van der Waals surface area contributed by atoms with Crippen LogP contribution in [-0.4, -0.2) is 23.9 Å². The lowest BCUT2D eigenvalue weighted by molar-refractivity contribution is 0.0783. The first-order chi connectivity index (χ1) is 7.59. The Bertz CT molecular complexity index is 421. The number of carbonyl (C=O) groups excluding carboxylic acids is 1. The summed E-state index contributed by atoms with van der Waals surface area (Å²) < 4.78 is 14.0. The van der Waals surface area contributed by atoms with E-state index in [1.165, 1.54) is 6.07 Å². The van der Waals surface area contributed by atoms with E-state index < -0.39 is 5.82 Å². The molecule has 1 atom stereocenters. The summed E-state index contributed by atoms with van der Waals surface area (Å²) in [6.07, 6.45) is 1.00. The van der Waals surface area contributed by atoms with Gasteiger partial charge in [0, 0.05) is 13.1 Å². The summed E-state index contributed by atoms with van der Waals surface area (Å²) in [7, 11) is 0. The van der Waals surface area contributed by atoms with Crippen molar-refractivity contribution in [2.24, 2.45) is 5.92 Å². The van der Waals surface area contributed by atoms with Crippen molar-refractivity contribution in [3.05, 3.63) is 34.1 Å². The number of halogens is 2. The molecule has 2 rings (SSSR count). The predicted octanol–water partition coefficient (Wildman–Crippen LogP) is 3.07. The van der Waals surface area contributed by atoms with E-state index in [4.69, 9.17) is 0 Å². The van der Waals surface area contributed by atoms with Crippen LogP contribution in [0.15, 0.2) is 22.7 Å². The van der Waals surface area contributed by atoms with E-state index in [0.29, 0.717) is 10.4 Å². The highest BCUT2D eigenvalue weighted by molar-refractivity contribution is 9.10. The fourth-order valence-electron chi connectivity index (χ4n) is 1.96. The lowest BCUT2D eigenvalue weighted by Gasteiger charge is -2.16. The standard InChI is InChI=1S/C12H13BrFNO/c1-8-5-6-15(7-8)12(16)9-3-2-4-10(13)11(9)14/h2-4,8H,5-7H2,1H3. The summed E-state index contributed by atoms with van der Waals surface area (Å²) in [5, 5.41) is 0. The van der Waals surface area contributed by atoms with Crippen LogP contribution in [0.3, 0.4) is 0 Å². The van der Waals surface area contributed by atoms with Crippen molar-refractivity contribution in [1.29, 1.82) is 0 Å². The fourth-order valence-corrected chi connectivity index (χ4v) is 2.32. The van der Waals surface area contributed by atoms with Gasteiger partial charge in [0.15, 0.2) is 0 Å². The van der Waals surface area contributed by atoms with Crippen molar-refractivity contribution in [2.45, 2.75) is 13.3 Å².